The third-order valence-electron chi connectivity index (χ3n) is 7.05. The minimum atomic E-state index is -0.482. The summed E-state index contributed by atoms with van der Waals surface area (Å²) in [7, 11) is 0. The largest absolute Gasteiger partial charge is 0.354 e. The first kappa shape index (κ1) is 25.2. The van der Waals surface area contributed by atoms with Gasteiger partial charge in [-0.2, -0.15) is 5.10 Å². The lowest BCUT2D eigenvalue weighted by molar-refractivity contribution is -0.384. The van der Waals surface area contributed by atoms with Crippen LogP contribution in [0.3, 0.4) is 0 Å². The third kappa shape index (κ3) is 5.11. The van der Waals surface area contributed by atoms with Gasteiger partial charge in [0, 0.05) is 50.3 Å². The number of nitrogens with zero attached hydrogens (tertiary/aromatic N) is 7. The van der Waals surface area contributed by atoms with Crippen LogP contribution < -0.4 is 4.90 Å². The quantitative estimate of drug-likeness (QED) is 0.230. The lowest BCUT2D eigenvalue weighted by Gasteiger charge is -2.24. The molecule has 3 aromatic carbocycles. The zero-order valence-electron chi connectivity index (χ0n) is 21.8. The first-order chi connectivity index (χ1) is 19.6. The molecule has 5 aromatic rings. The molecule has 0 aliphatic carbocycles. The molecule has 2 aromatic heterocycles. The molecule has 0 unspecified atom stereocenters. The van der Waals surface area contributed by atoms with Gasteiger partial charge in [-0.1, -0.05) is 54.6 Å². The fourth-order valence-electron chi connectivity index (χ4n) is 5.06. The highest BCUT2D eigenvalue weighted by Gasteiger charge is 2.25. The molecule has 0 spiro atoms. The van der Waals surface area contributed by atoms with Gasteiger partial charge >= 0.3 is 0 Å². The van der Waals surface area contributed by atoms with Gasteiger partial charge in [0.2, 0.25) is 0 Å². The average molecular weight is 534 g/mol. The van der Waals surface area contributed by atoms with Crippen molar-refractivity contribution in [2.75, 3.05) is 31.1 Å². The van der Waals surface area contributed by atoms with Crippen LogP contribution in [0.25, 0.3) is 16.7 Å². The maximum absolute atomic E-state index is 13.2. The van der Waals surface area contributed by atoms with Crippen molar-refractivity contribution in [3.8, 4) is 5.69 Å². The Bertz CT molecular complexity index is 1670. The summed E-state index contributed by atoms with van der Waals surface area (Å²) in [6, 6.07) is 25.9. The number of hydrogen-bond acceptors (Lipinski definition) is 7. The lowest BCUT2D eigenvalue weighted by Crippen LogP contribution is -2.35. The first-order valence-electron chi connectivity index (χ1n) is 13.2. The molecule has 1 aliphatic heterocycles. The molecule has 1 fully saturated rings. The molecule has 0 bridgehead atoms. The Morgan fingerprint density at radius 1 is 0.875 bits per heavy atom. The summed E-state index contributed by atoms with van der Waals surface area (Å²) < 4.78 is 1.84. The Morgan fingerprint density at radius 2 is 1.65 bits per heavy atom. The monoisotopic (exact) mass is 533 g/mol. The van der Waals surface area contributed by atoms with E-state index < -0.39 is 4.92 Å². The van der Waals surface area contributed by atoms with Crippen molar-refractivity contribution in [2.24, 2.45) is 0 Å². The van der Waals surface area contributed by atoms with Gasteiger partial charge in [0.15, 0.2) is 5.65 Å². The Morgan fingerprint density at radius 3 is 2.42 bits per heavy atom. The van der Waals surface area contributed by atoms with E-state index >= 15 is 0 Å². The van der Waals surface area contributed by atoms with E-state index in [9.17, 15) is 14.9 Å². The summed E-state index contributed by atoms with van der Waals surface area (Å²) in [6.07, 6.45) is 3.11. The van der Waals surface area contributed by atoms with Gasteiger partial charge < -0.3 is 9.80 Å². The number of nitro groups is 1. The Balaban J connectivity index is 1.32. The maximum atomic E-state index is 13.2. The van der Waals surface area contributed by atoms with E-state index in [1.165, 1.54) is 12.1 Å². The van der Waals surface area contributed by atoms with Crippen LogP contribution >= 0.6 is 0 Å². The van der Waals surface area contributed by atoms with Gasteiger partial charge in [-0.05, 0) is 30.2 Å². The average Bonchev–Trinajstić information content (AvgIpc) is 3.26. The molecular formula is C30H27N7O3. The van der Waals surface area contributed by atoms with Crippen LogP contribution in [0.4, 0.5) is 11.5 Å². The fourth-order valence-corrected chi connectivity index (χ4v) is 5.06. The Kier molecular flexibility index (Phi) is 6.88. The van der Waals surface area contributed by atoms with Crippen molar-refractivity contribution in [1.82, 2.24) is 24.6 Å². The highest BCUT2D eigenvalue weighted by molar-refractivity contribution is 5.95. The summed E-state index contributed by atoms with van der Waals surface area (Å²) in [4.78, 5) is 37.9. The van der Waals surface area contributed by atoms with Crippen molar-refractivity contribution in [3.63, 3.8) is 0 Å². The summed E-state index contributed by atoms with van der Waals surface area (Å²) in [5, 5.41) is 16.7. The number of benzene rings is 3. The minimum absolute atomic E-state index is 0.0907. The summed E-state index contributed by atoms with van der Waals surface area (Å²) in [5.41, 5.74) is 2.99. The van der Waals surface area contributed by atoms with Crippen molar-refractivity contribution >= 4 is 28.4 Å². The molecule has 3 heterocycles. The number of carbonyl (C=O) groups is 1. The molecule has 0 atom stereocenters. The first-order valence-corrected chi connectivity index (χ1v) is 13.2. The number of amides is 1. The second kappa shape index (κ2) is 10.9. The Labute approximate surface area is 230 Å². The van der Waals surface area contributed by atoms with Gasteiger partial charge in [0.1, 0.15) is 11.6 Å². The highest BCUT2D eigenvalue weighted by atomic mass is 16.6. The zero-order valence-corrected chi connectivity index (χ0v) is 21.8. The lowest BCUT2D eigenvalue weighted by atomic mass is 10.1. The summed E-state index contributed by atoms with van der Waals surface area (Å²) in [6.45, 7) is 2.28. The predicted octanol–water partition coefficient (Wildman–Crippen LogP) is 4.67. The van der Waals surface area contributed by atoms with E-state index in [0.29, 0.717) is 44.0 Å². The van der Waals surface area contributed by atoms with Crippen molar-refractivity contribution < 1.29 is 9.72 Å². The number of fused-ring (bicyclic) bond motifs is 1. The number of anilines is 1. The predicted molar refractivity (Wildman–Crippen MR) is 152 cm³/mol. The van der Waals surface area contributed by atoms with E-state index in [1.54, 1.807) is 23.2 Å². The molecule has 10 heteroatoms. The van der Waals surface area contributed by atoms with Crippen molar-refractivity contribution in [3.05, 3.63) is 118 Å². The molecule has 6 rings (SSSR count). The van der Waals surface area contributed by atoms with E-state index in [-0.39, 0.29) is 11.6 Å². The molecule has 0 radical (unpaired) electrons. The van der Waals surface area contributed by atoms with E-state index in [4.69, 9.17) is 9.97 Å². The minimum Gasteiger partial charge on any atom is -0.354 e. The number of carbonyl (C=O) groups excluding carboxylic acids is 1. The Hall–Kier alpha value is -5.12. The van der Waals surface area contributed by atoms with Crippen LogP contribution in [0.2, 0.25) is 0 Å². The summed E-state index contributed by atoms with van der Waals surface area (Å²) >= 11 is 0. The van der Waals surface area contributed by atoms with Crippen LogP contribution in [-0.4, -0.2) is 61.7 Å². The number of hydrogen-bond donors (Lipinski definition) is 0. The number of nitro benzene ring substituents is 1. The van der Waals surface area contributed by atoms with Gasteiger partial charge in [-0.15, -0.1) is 0 Å². The standard InChI is InChI=1S/C30H27N7O3/c38-30(23-11-7-14-25(20-23)37(39)40)35-16-8-15-34(17-18-35)28-26-21-31-36(24-12-5-2-6-13-24)29(26)33-27(32-28)19-22-9-3-1-4-10-22/h1-7,9-14,20-21H,8,15-19H2. The molecule has 10 nitrogen and oxygen atoms in total. The number of aromatic nitrogens is 4. The van der Waals surface area contributed by atoms with E-state index in [2.05, 4.69) is 22.1 Å². The van der Waals surface area contributed by atoms with Gasteiger partial charge in [-0.3, -0.25) is 14.9 Å². The van der Waals surface area contributed by atoms with Gasteiger partial charge in [-0.25, -0.2) is 14.6 Å². The zero-order chi connectivity index (χ0) is 27.5. The molecule has 1 saturated heterocycles. The maximum Gasteiger partial charge on any atom is 0.270 e. The molecule has 40 heavy (non-hydrogen) atoms. The van der Waals surface area contributed by atoms with Crippen LogP contribution in [0.1, 0.15) is 28.2 Å². The van der Waals surface area contributed by atoms with Crippen molar-refractivity contribution in [2.45, 2.75) is 12.8 Å². The molecule has 0 N–H and O–H groups in total. The third-order valence-corrected chi connectivity index (χ3v) is 7.05. The fraction of sp³-hybridized carbons (Fsp3) is 0.200. The SMILES string of the molecule is O=C(c1cccc([N+](=O)[O-])c1)N1CCCN(c2nc(Cc3ccccc3)nc3c2cnn3-c2ccccc2)CC1. The van der Waals surface area contributed by atoms with Crippen LogP contribution in [0.5, 0.6) is 0 Å². The molecule has 1 aliphatic rings. The molecular weight excluding hydrogens is 506 g/mol. The van der Waals surface area contributed by atoms with Crippen LogP contribution in [-0.2, 0) is 6.42 Å². The second-order valence-electron chi connectivity index (χ2n) is 9.70. The normalized spacial score (nSPS) is 13.8. The number of non-ortho nitro benzene ring substituents is 1. The molecule has 1 amide bonds. The number of rotatable bonds is 6. The molecule has 0 saturated carbocycles. The van der Waals surface area contributed by atoms with Crippen LogP contribution in [0.15, 0.2) is 91.1 Å². The topological polar surface area (TPSA) is 110 Å². The van der Waals surface area contributed by atoms with E-state index in [0.717, 1.165) is 34.5 Å². The van der Waals surface area contributed by atoms with Crippen LogP contribution in [0, 0.1) is 10.1 Å². The summed E-state index contributed by atoms with van der Waals surface area (Å²) in [5.74, 6) is 1.28. The van der Waals surface area contributed by atoms with Crippen molar-refractivity contribution in [1.29, 1.82) is 0 Å². The van der Waals surface area contributed by atoms with Gasteiger partial charge in [0.05, 0.1) is 22.2 Å². The smallest absolute Gasteiger partial charge is 0.270 e. The highest BCUT2D eigenvalue weighted by Crippen LogP contribution is 2.28. The van der Waals surface area contributed by atoms with E-state index in [1.807, 2.05) is 53.2 Å². The second-order valence-corrected chi connectivity index (χ2v) is 9.70. The van der Waals surface area contributed by atoms with Gasteiger partial charge in [0.25, 0.3) is 11.6 Å². The number of para-hydroxylation sites is 1. The molecule has 200 valence electrons.